The van der Waals surface area contributed by atoms with Gasteiger partial charge in [-0.15, -0.1) is 0 Å². The molecule has 1 aliphatic rings. The van der Waals surface area contributed by atoms with Crippen LogP contribution in [0, 0.1) is 0 Å². The summed E-state index contributed by atoms with van der Waals surface area (Å²) < 4.78 is 0. The van der Waals surface area contributed by atoms with Gasteiger partial charge in [0.1, 0.15) is 6.33 Å². The van der Waals surface area contributed by atoms with Crippen molar-refractivity contribution in [1.82, 2.24) is 15.3 Å². The zero-order chi connectivity index (χ0) is 10.8. The van der Waals surface area contributed by atoms with E-state index >= 15 is 0 Å². The maximum absolute atomic E-state index is 4.42. The van der Waals surface area contributed by atoms with E-state index in [0.717, 1.165) is 36.1 Å². The third-order valence-electron chi connectivity index (χ3n) is 2.91. The lowest BCUT2D eigenvalue weighted by Crippen LogP contribution is -2.20. The number of benzene rings is 1. The summed E-state index contributed by atoms with van der Waals surface area (Å²) >= 11 is 0. The molecule has 0 spiro atoms. The molecule has 3 heteroatoms. The number of rotatable bonds is 1. The average molecular weight is 211 g/mol. The molecule has 1 aliphatic heterocycles. The van der Waals surface area contributed by atoms with E-state index in [0.29, 0.717) is 0 Å². The first-order chi connectivity index (χ1) is 7.95. The molecule has 2 heterocycles. The lowest BCUT2D eigenvalue weighted by atomic mass is 10.0. The molecule has 1 aromatic carbocycles. The number of hydrogen-bond donors (Lipinski definition) is 1. The Kier molecular flexibility index (Phi) is 2.38. The Morgan fingerprint density at radius 3 is 2.94 bits per heavy atom. The van der Waals surface area contributed by atoms with E-state index in [1.54, 1.807) is 6.33 Å². The van der Waals surface area contributed by atoms with Crippen LogP contribution < -0.4 is 5.32 Å². The fourth-order valence-electron chi connectivity index (χ4n) is 2.10. The summed E-state index contributed by atoms with van der Waals surface area (Å²) in [6.45, 7) is 1.97. The van der Waals surface area contributed by atoms with Crippen molar-refractivity contribution in [1.29, 1.82) is 0 Å². The molecule has 3 nitrogen and oxygen atoms in total. The lowest BCUT2D eigenvalue weighted by Gasteiger charge is -2.14. The monoisotopic (exact) mass is 211 g/mol. The molecule has 0 saturated carbocycles. The molecule has 0 saturated heterocycles. The average Bonchev–Trinajstić information content (AvgIpc) is 2.39. The molecule has 0 unspecified atom stereocenters. The molecule has 1 N–H and O–H groups in total. The van der Waals surface area contributed by atoms with Crippen molar-refractivity contribution >= 4 is 16.5 Å². The van der Waals surface area contributed by atoms with Crippen molar-refractivity contribution in [3.8, 4) is 0 Å². The van der Waals surface area contributed by atoms with Crippen LogP contribution in [0.4, 0.5) is 0 Å². The fourth-order valence-corrected chi connectivity index (χ4v) is 2.10. The molecule has 0 atom stereocenters. The number of nitrogens with one attached hydrogen (secondary N) is 1. The first-order valence-corrected chi connectivity index (χ1v) is 5.55. The lowest BCUT2D eigenvalue weighted by molar-refractivity contribution is 0.737. The standard InChI is InChI=1S/C13H13N3/c1-2-4-12-11(3-1)13(16-9-15-12)10-5-7-14-8-6-10/h1-5,9,14H,6-8H2. The van der Waals surface area contributed by atoms with Crippen LogP contribution in [0.1, 0.15) is 12.1 Å². The molecule has 2 aromatic rings. The van der Waals surface area contributed by atoms with Gasteiger partial charge in [-0.05, 0) is 24.6 Å². The van der Waals surface area contributed by atoms with Gasteiger partial charge < -0.3 is 5.32 Å². The van der Waals surface area contributed by atoms with Gasteiger partial charge in [0.2, 0.25) is 0 Å². The minimum atomic E-state index is 0.938. The summed E-state index contributed by atoms with van der Waals surface area (Å²) in [6, 6.07) is 8.17. The van der Waals surface area contributed by atoms with Crippen LogP contribution in [0.5, 0.6) is 0 Å². The summed E-state index contributed by atoms with van der Waals surface area (Å²) in [5.74, 6) is 0. The number of aromatic nitrogens is 2. The van der Waals surface area contributed by atoms with Crippen LogP contribution in [0.25, 0.3) is 16.5 Å². The number of hydrogen-bond acceptors (Lipinski definition) is 3. The minimum absolute atomic E-state index is 0.938. The molecule has 0 fully saturated rings. The Morgan fingerprint density at radius 2 is 2.06 bits per heavy atom. The van der Waals surface area contributed by atoms with Crippen LogP contribution >= 0.6 is 0 Å². The minimum Gasteiger partial charge on any atom is -0.313 e. The molecule has 16 heavy (non-hydrogen) atoms. The molecule has 0 bridgehead atoms. The summed E-state index contributed by atoms with van der Waals surface area (Å²) in [7, 11) is 0. The van der Waals surface area contributed by atoms with Crippen LogP contribution in [-0.4, -0.2) is 23.1 Å². The van der Waals surface area contributed by atoms with Gasteiger partial charge in [0.25, 0.3) is 0 Å². The van der Waals surface area contributed by atoms with Crippen LogP contribution in [0.15, 0.2) is 36.7 Å². The Hall–Kier alpha value is -1.74. The fraction of sp³-hybridized carbons (Fsp3) is 0.231. The van der Waals surface area contributed by atoms with E-state index in [-0.39, 0.29) is 0 Å². The highest BCUT2D eigenvalue weighted by Crippen LogP contribution is 2.24. The largest absolute Gasteiger partial charge is 0.313 e. The molecular weight excluding hydrogens is 198 g/mol. The second kappa shape index (κ2) is 4.02. The van der Waals surface area contributed by atoms with Crippen molar-refractivity contribution < 1.29 is 0 Å². The molecule has 80 valence electrons. The van der Waals surface area contributed by atoms with Crippen LogP contribution in [0.2, 0.25) is 0 Å². The molecule has 1 aromatic heterocycles. The van der Waals surface area contributed by atoms with E-state index in [9.17, 15) is 0 Å². The first kappa shape index (κ1) is 9.48. The summed E-state index contributed by atoms with van der Waals surface area (Å²) in [5.41, 5.74) is 3.44. The maximum atomic E-state index is 4.42. The maximum Gasteiger partial charge on any atom is 0.116 e. The third-order valence-corrected chi connectivity index (χ3v) is 2.91. The Morgan fingerprint density at radius 1 is 1.12 bits per heavy atom. The normalized spacial score (nSPS) is 16.1. The van der Waals surface area contributed by atoms with Gasteiger partial charge in [0.05, 0.1) is 11.2 Å². The van der Waals surface area contributed by atoms with E-state index in [2.05, 4.69) is 27.4 Å². The van der Waals surface area contributed by atoms with Gasteiger partial charge in [-0.2, -0.15) is 0 Å². The highest BCUT2D eigenvalue weighted by molar-refractivity contribution is 5.89. The van der Waals surface area contributed by atoms with E-state index in [4.69, 9.17) is 0 Å². The zero-order valence-corrected chi connectivity index (χ0v) is 8.98. The van der Waals surface area contributed by atoms with Gasteiger partial charge in [-0.25, -0.2) is 9.97 Å². The Bertz CT molecular complexity index is 540. The predicted octanol–water partition coefficient (Wildman–Crippen LogP) is 2.01. The van der Waals surface area contributed by atoms with Gasteiger partial charge in [0.15, 0.2) is 0 Å². The van der Waals surface area contributed by atoms with Gasteiger partial charge in [0, 0.05) is 11.9 Å². The van der Waals surface area contributed by atoms with Gasteiger partial charge in [-0.3, -0.25) is 0 Å². The second-order valence-electron chi connectivity index (χ2n) is 3.92. The van der Waals surface area contributed by atoms with Crippen molar-refractivity contribution in [2.24, 2.45) is 0 Å². The van der Waals surface area contributed by atoms with Crippen LogP contribution in [-0.2, 0) is 0 Å². The smallest absolute Gasteiger partial charge is 0.116 e. The first-order valence-electron chi connectivity index (χ1n) is 5.55. The van der Waals surface area contributed by atoms with E-state index in [1.807, 2.05) is 18.2 Å². The molecule has 0 aliphatic carbocycles. The molecule has 3 rings (SSSR count). The number of fused-ring (bicyclic) bond motifs is 1. The van der Waals surface area contributed by atoms with E-state index in [1.165, 1.54) is 5.57 Å². The summed E-state index contributed by atoms with van der Waals surface area (Å²) in [6.07, 6.45) is 4.92. The SMILES string of the molecule is C1=C(c2ncnc3ccccc23)CCNC1. The van der Waals surface area contributed by atoms with Crippen molar-refractivity contribution in [2.45, 2.75) is 6.42 Å². The zero-order valence-electron chi connectivity index (χ0n) is 8.98. The third kappa shape index (κ3) is 1.59. The van der Waals surface area contributed by atoms with E-state index < -0.39 is 0 Å². The second-order valence-corrected chi connectivity index (χ2v) is 3.92. The highest BCUT2D eigenvalue weighted by Gasteiger charge is 2.10. The Balaban J connectivity index is 2.19. The van der Waals surface area contributed by atoms with Gasteiger partial charge in [-0.1, -0.05) is 24.3 Å². The van der Waals surface area contributed by atoms with Crippen LogP contribution in [0.3, 0.4) is 0 Å². The summed E-state index contributed by atoms with van der Waals surface area (Å²) in [5, 5.41) is 4.46. The van der Waals surface area contributed by atoms with Gasteiger partial charge >= 0.3 is 0 Å². The molecular formula is C13H13N3. The Labute approximate surface area is 94.2 Å². The van der Waals surface area contributed by atoms with Crippen molar-refractivity contribution in [2.75, 3.05) is 13.1 Å². The summed E-state index contributed by atoms with van der Waals surface area (Å²) in [4.78, 5) is 8.71. The van der Waals surface area contributed by atoms with Crippen molar-refractivity contribution in [3.63, 3.8) is 0 Å². The molecule has 0 amide bonds. The van der Waals surface area contributed by atoms with Crippen molar-refractivity contribution in [3.05, 3.63) is 42.4 Å². The topological polar surface area (TPSA) is 37.8 Å². The number of nitrogens with zero attached hydrogens (tertiary/aromatic N) is 2. The highest BCUT2D eigenvalue weighted by atomic mass is 14.9. The number of para-hydroxylation sites is 1. The molecule has 0 radical (unpaired) electrons. The predicted molar refractivity (Wildman–Crippen MR) is 65.0 cm³/mol. The quantitative estimate of drug-likeness (QED) is 0.784.